The summed E-state index contributed by atoms with van der Waals surface area (Å²) in [5.41, 5.74) is 1.52. The maximum Gasteiger partial charge on any atom is 0.416 e. The van der Waals surface area contributed by atoms with Crippen molar-refractivity contribution in [2.45, 2.75) is 25.9 Å². The van der Waals surface area contributed by atoms with Crippen molar-refractivity contribution in [3.8, 4) is 10.6 Å². The second kappa shape index (κ2) is 8.14. The maximum absolute atomic E-state index is 12.9. The number of amides is 2. The third-order valence-corrected chi connectivity index (χ3v) is 5.77. The number of nitrogens with one attached hydrogen (secondary N) is 2. The molecule has 1 saturated carbocycles. The summed E-state index contributed by atoms with van der Waals surface area (Å²) in [5.74, 6) is -0.460. The van der Waals surface area contributed by atoms with Crippen molar-refractivity contribution in [1.82, 2.24) is 4.98 Å². The first-order valence-corrected chi connectivity index (χ1v) is 10.4. The highest BCUT2D eigenvalue weighted by atomic mass is 32.1. The van der Waals surface area contributed by atoms with E-state index in [-0.39, 0.29) is 17.5 Å². The molecule has 0 radical (unpaired) electrons. The van der Waals surface area contributed by atoms with Gasteiger partial charge in [0.05, 0.1) is 5.56 Å². The second-order valence-corrected chi connectivity index (χ2v) is 8.22. The molecule has 2 N–H and O–H groups in total. The van der Waals surface area contributed by atoms with Gasteiger partial charge in [-0.1, -0.05) is 18.2 Å². The van der Waals surface area contributed by atoms with E-state index in [1.807, 2.05) is 6.92 Å². The molecule has 1 aliphatic rings. The first kappa shape index (κ1) is 21.0. The number of hydrogen-bond acceptors (Lipinski definition) is 4. The van der Waals surface area contributed by atoms with E-state index in [4.69, 9.17) is 0 Å². The molecule has 1 fully saturated rings. The molecule has 5 nitrogen and oxygen atoms in total. The Hall–Kier alpha value is -3.20. The smallest absolute Gasteiger partial charge is 0.326 e. The largest absolute Gasteiger partial charge is 0.416 e. The van der Waals surface area contributed by atoms with Gasteiger partial charge in [0, 0.05) is 28.2 Å². The number of alkyl halides is 3. The number of carbonyl (C=O) groups is 2. The van der Waals surface area contributed by atoms with Crippen LogP contribution in [0.3, 0.4) is 0 Å². The van der Waals surface area contributed by atoms with E-state index in [1.54, 1.807) is 18.2 Å². The standard InChI is InChI=1S/C22H18F3N3O2S/c1-12-5-8-16(26-19(29)13-6-7-13)10-17(12)27-20(30)18-11-31-21(28-18)14-3-2-4-15(9-14)22(23,24)25/h2-5,8-11,13H,6-7H2,1H3,(H,26,29)(H,27,30). The van der Waals surface area contributed by atoms with Gasteiger partial charge in [0.25, 0.3) is 5.91 Å². The summed E-state index contributed by atoms with van der Waals surface area (Å²) in [6.07, 6.45) is -2.68. The number of carbonyl (C=O) groups excluding carboxylic acids is 2. The summed E-state index contributed by atoms with van der Waals surface area (Å²) >= 11 is 1.09. The lowest BCUT2D eigenvalue weighted by Crippen LogP contribution is -2.15. The van der Waals surface area contributed by atoms with Crippen molar-refractivity contribution in [3.63, 3.8) is 0 Å². The van der Waals surface area contributed by atoms with Crippen LogP contribution in [0.25, 0.3) is 10.6 Å². The summed E-state index contributed by atoms with van der Waals surface area (Å²) in [6, 6.07) is 10.1. The molecule has 0 atom stereocenters. The van der Waals surface area contributed by atoms with Gasteiger partial charge in [-0.05, 0) is 49.6 Å². The van der Waals surface area contributed by atoms with Gasteiger partial charge < -0.3 is 10.6 Å². The number of rotatable bonds is 5. The van der Waals surface area contributed by atoms with Gasteiger partial charge in [-0.25, -0.2) is 4.98 Å². The fourth-order valence-electron chi connectivity index (χ4n) is 2.95. The van der Waals surface area contributed by atoms with E-state index < -0.39 is 17.6 Å². The van der Waals surface area contributed by atoms with Crippen LogP contribution in [0.1, 0.15) is 34.5 Å². The molecule has 2 amide bonds. The molecule has 2 aromatic carbocycles. The molecule has 0 saturated heterocycles. The Bertz CT molecular complexity index is 1150. The first-order valence-electron chi connectivity index (χ1n) is 9.57. The highest BCUT2D eigenvalue weighted by Crippen LogP contribution is 2.33. The number of aromatic nitrogens is 1. The topological polar surface area (TPSA) is 71.1 Å². The van der Waals surface area contributed by atoms with Crippen LogP contribution in [0.15, 0.2) is 47.8 Å². The van der Waals surface area contributed by atoms with Crippen molar-refractivity contribution in [2.75, 3.05) is 10.6 Å². The molecule has 1 heterocycles. The minimum Gasteiger partial charge on any atom is -0.326 e. The molecule has 160 valence electrons. The van der Waals surface area contributed by atoms with Crippen LogP contribution in [-0.2, 0) is 11.0 Å². The second-order valence-electron chi connectivity index (χ2n) is 7.36. The first-order chi connectivity index (χ1) is 14.7. The Balaban J connectivity index is 1.50. The average molecular weight is 445 g/mol. The predicted octanol–water partition coefficient (Wildman–Crippen LogP) is 5.74. The summed E-state index contributed by atoms with van der Waals surface area (Å²) in [6.45, 7) is 1.82. The van der Waals surface area contributed by atoms with E-state index >= 15 is 0 Å². The van der Waals surface area contributed by atoms with Crippen LogP contribution in [0.4, 0.5) is 24.5 Å². The number of aryl methyl sites for hydroxylation is 1. The molecule has 0 bridgehead atoms. The van der Waals surface area contributed by atoms with Crippen LogP contribution >= 0.6 is 11.3 Å². The molecule has 4 rings (SSSR count). The summed E-state index contributed by atoms with van der Waals surface area (Å²) in [5, 5.41) is 7.41. The molecule has 0 aliphatic heterocycles. The van der Waals surface area contributed by atoms with Gasteiger partial charge in [0.15, 0.2) is 0 Å². The molecule has 1 aromatic heterocycles. The SMILES string of the molecule is Cc1ccc(NC(=O)C2CC2)cc1NC(=O)c1csc(-c2cccc(C(F)(F)F)c2)n1. The highest BCUT2D eigenvalue weighted by molar-refractivity contribution is 7.13. The number of thiazole rings is 1. The van der Waals surface area contributed by atoms with Crippen LogP contribution in [0.5, 0.6) is 0 Å². The van der Waals surface area contributed by atoms with E-state index in [9.17, 15) is 22.8 Å². The van der Waals surface area contributed by atoms with E-state index in [0.29, 0.717) is 21.9 Å². The van der Waals surface area contributed by atoms with Crippen molar-refractivity contribution in [1.29, 1.82) is 0 Å². The van der Waals surface area contributed by atoms with Crippen LogP contribution in [-0.4, -0.2) is 16.8 Å². The number of hydrogen-bond donors (Lipinski definition) is 2. The minimum atomic E-state index is -4.45. The molecule has 9 heteroatoms. The van der Waals surface area contributed by atoms with E-state index in [0.717, 1.165) is 41.9 Å². The Morgan fingerprint density at radius 3 is 2.58 bits per heavy atom. The summed E-state index contributed by atoms with van der Waals surface area (Å²) < 4.78 is 38.8. The fraction of sp³-hybridized carbons (Fsp3) is 0.227. The average Bonchev–Trinajstić information content (AvgIpc) is 3.46. The van der Waals surface area contributed by atoms with Gasteiger partial charge in [0.1, 0.15) is 10.7 Å². The quantitative estimate of drug-likeness (QED) is 0.526. The number of halogens is 3. The van der Waals surface area contributed by atoms with Gasteiger partial charge in [-0.3, -0.25) is 9.59 Å². The Morgan fingerprint density at radius 1 is 1.10 bits per heavy atom. The molecule has 1 aliphatic carbocycles. The predicted molar refractivity (Wildman–Crippen MR) is 113 cm³/mol. The fourth-order valence-corrected chi connectivity index (χ4v) is 3.75. The van der Waals surface area contributed by atoms with Crippen molar-refractivity contribution < 1.29 is 22.8 Å². The van der Waals surface area contributed by atoms with Crippen molar-refractivity contribution in [3.05, 3.63) is 64.7 Å². The Morgan fingerprint density at radius 2 is 1.87 bits per heavy atom. The molecule has 0 spiro atoms. The Kier molecular flexibility index (Phi) is 5.53. The lowest BCUT2D eigenvalue weighted by atomic mass is 10.1. The molecular formula is C22H18F3N3O2S. The maximum atomic E-state index is 12.9. The lowest BCUT2D eigenvalue weighted by Gasteiger charge is -2.11. The van der Waals surface area contributed by atoms with Gasteiger partial charge in [0.2, 0.25) is 5.91 Å². The summed E-state index contributed by atoms with van der Waals surface area (Å²) in [4.78, 5) is 28.8. The monoisotopic (exact) mass is 445 g/mol. The van der Waals surface area contributed by atoms with E-state index in [1.165, 1.54) is 17.5 Å². The van der Waals surface area contributed by atoms with Crippen LogP contribution in [0, 0.1) is 12.8 Å². The van der Waals surface area contributed by atoms with Crippen LogP contribution in [0.2, 0.25) is 0 Å². The third kappa shape index (κ3) is 4.93. The Labute approximate surface area is 180 Å². The molecule has 3 aromatic rings. The third-order valence-electron chi connectivity index (χ3n) is 4.88. The van der Waals surface area contributed by atoms with Crippen LogP contribution < -0.4 is 10.6 Å². The number of benzene rings is 2. The van der Waals surface area contributed by atoms with Crippen molar-refractivity contribution >= 4 is 34.5 Å². The molecule has 0 unspecified atom stereocenters. The van der Waals surface area contributed by atoms with Gasteiger partial charge >= 0.3 is 6.18 Å². The van der Waals surface area contributed by atoms with Crippen molar-refractivity contribution in [2.24, 2.45) is 5.92 Å². The van der Waals surface area contributed by atoms with Gasteiger partial charge in [-0.15, -0.1) is 11.3 Å². The lowest BCUT2D eigenvalue weighted by molar-refractivity contribution is -0.137. The summed E-state index contributed by atoms with van der Waals surface area (Å²) in [7, 11) is 0. The molecule has 31 heavy (non-hydrogen) atoms. The van der Waals surface area contributed by atoms with E-state index in [2.05, 4.69) is 15.6 Å². The zero-order chi connectivity index (χ0) is 22.2. The normalized spacial score (nSPS) is 13.7. The number of anilines is 2. The van der Waals surface area contributed by atoms with Gasteiger partial charge in [-0.2, -0.15) is 13.2 Å². The number of nitrogens with zero attached hydrogens (tertiary/aromatic N) is 1. The molecular weight excluding hydrogens is 427 g/mol. The zero-order valence-corrected chi connectivity index (χ0v) is 17.2. The zero-order valence-electron chi connectivity index (χ0n) is 16.4. The highest BCUT2D eigenvalue weighted by Gasteiger charge is 2.31. The minimum absolute atomic E-state index is 0.0358.